The van der Waals surface area contributed by atoms with E-state index in [0.29, 0.717) is 0 Å². The van der Waals surface area contributed by atoms with Crippen molar-refractivity contribution < 1.29 is 0 Å². The van der Waals surface area contributed by atoms with Gasteiger partial charge in [-0.2, -0.15) is 0 Å². The Kier molecular flexibility index (Phi) is 8.13. The first-order valence-electron chi connectivity index (χ1n) is 20.7. The van der Waals surface area contributed by atoms with Crippen LogP contribution < -0.4 is 4.90 Å². The molecular formula is C58H43N. The number of fused-ring (bicyclic) bond motifs is 6. The highest BCUT2D eigenvalue weighted by Gasteiger charge is 2.47. The van der Waals surface area contributed by atoms with Crippen molar-refractivity contribution in [3.05, 3.63) is 258 Å². The van der Waals surface area contributed by atoms with E-state index in [9.17, 15) is 0 Å². The molecule has 0 amide bonds. The van der Waals surface area contributed by atoms with Gasteiger partial charge in [0.15, 0.2) is 0 Å². The Morgan fingerprint density at radius 3 is 1.41 bits per heavy atom. The number of benzene rings is 9. The highest BCUT2D eigenvalue weighted by Crippen LogP contribution is 2.59. The second kappa shape index (κ2) is 13.7. The summed E-state index contributed by atoms with van der Waals surface area (Å²) in [5.74, 6) is 0. The number of hydrogen-bond donors (Lipinski definition) is 0. The van der Waals surface area contributed by atoms with Crippen LogP contribution in [0.2, 0.25) is 0 Å². The zero-order valence-corrected chi connectivity index (χ0v) is 33.3. The molecule has 59 heavy (non-hydrogen) atoms. The molecule has 0 atom stereocenters. The van der Waals surface area contributed by atoms with E-state index in [2.05, 4.69) is 243 Å². The first-order valence-corrected chi connectivity index (χ1v) is 20.7. The summed E-state index contributed by atoms with van der Waals surface area (Å²) >= 11 is 0. The van der Waals surface area contributed by atoms with Gasteiger partial charge in [-0.05, 0) is 109 Å². The molecule has 0 radical (unpaired) electrons. The van der Waals surface area contributed by atoms with Crippen LogP contribution >= 0.6 is 0 Å². The maximum Gasteiger partial charge on any atom is 0.0713 e. The van der Waals surface area contributed by atoms with E-state index in [0.717, 1.165) is 17.1 Å². The van der Waals surface area contributed by atoms with Gasteiger partial charge in [0.25, 0.3) is 0 Å². The first kappa shape index (κ1) is 35.0. The molecule has 0 bridgehead atoms. The van der Waals surface area contributed by atoms with Gasteiger partial charge in [0.2, 0.25) is 0 Å². The summed E-state index contributed by atoms with van der Waals surface area (Å²) < 4.78 is 0. The lowest BCUT2D eigenvalue weighted by Gasteiger charge is -2.35. The van der Waals surface area contributed by atoms with Crippen LogP contribution in [0.3, 0.4) is 0 Å². The van der Waals surface area contributed by atoms with E-state index in [-0.39, 0.29) is 5.41 Å². The van der Waals surface area contributed by atoms with E-state index in [1.165, 1.54) is 77.9 Å². The van der Waals surface area contributed by atoms with Crippen LogP contribution in [-0.2, 0) is 10.8 Å². The van der Waals surface area contributed by atoms with E-state index in [4.69, 9.17) is 0 Å². The molecular weight excluding hydrogens is 711 g/mol. The average Bonchev–Trinajstić information content (AvgIpc) is 3.72. The molecule has 0 aromatic heterocycles. The van der Waals surface area contributed by atoms with Crippen molar-refractivity contribution in [3.8, 4) is 44.5 Å². The zero-order valence-electron chi connectivity index (χ0n) is 33.3. The molecule has 11 rings (SSSR count). The molecule has 0 spiro atoms. The molecule has 0 saturated heterocycles. The minimum atomic E-state index is -0.512. The summed E-state index contributed by atoms with van der Waals surface area (Å²) in [5, 5.41) is 0. The summed E-state index contributed by atoms with van der Waals surface area (Å²) in [6.45, 7) is 4.74. The molecule has 2 aliphatic rings. The number of anilines is 3. The van der Waals surface area contributed by atoms with E-state index in [1.807, 2.05) is 0 Å². The Hall–Kier alpha value is -7.22. The highest BCUT2D eigenvalue weighted by atomic mass is 15.1. The molecule has 0 saturated carbocycles. The van der Waals surface area contributed by atoms with Crippen molar-refractivity contribution in [2.75, 3.05) is 4.90 Å². The third-order valence-corrected chi connectivity index (χ3v) is 13.0. The van der Waals surface area contributed by atoms with Crippen LogP contribution in [0.1, 0.15) is 47.2 Å². The van der Waals surface area contributed by atoms with Gasteiger partial charge < -0.3 is 4.90 Å². The van der Waals surface area contributed by atoms with Gasteiger partial charge in [-0.1, -0.05) is 202 Å². The molecule has 0 N–H and O–H groups in total. The standard InChI is InChI=1S/C58H43N/c1-57(2)52-29-17-15-27-47(52)49-36-35-46(37-54(49)57)59(45-33-31-41(32-34-45)40-19-7-3-8-20-40)56-39-51-48-28-16-18-30-53(48)58(43-23-11-5-12-24-43,44-25-13-6-14-26-44)55(51)38-50(56)42-21-9-4-10-22-42/h3-39H,1-2H3. The molecule has 280 valence electrons. The van der Waals surface area contributed by atoms with Crippen LogP contribution in [0.4, 0.5) is 17.1 Å². The van der Waals surface area contributed by atoms with Crippen molar-refractivity contribution in [2.24, 2.45) is 0 Å². The maximum absolute atomic E-state index is 2.51. The summed E-state index contributed by atoms with van der Waals surface area (Å²) in [5.41, 5.74) is 20.5. The molecule has 9 aromatic carbocycles. The number of hydrogen-bond acceptors (Lipinski definition) is 1. The van der Waals surface area contributed by atoms with Crippen molar-refractivity contribution >= 4 is 17.1 Å². The fourth-order valence-electron chi connectivity index (χ4n) is 10.2. The van der Waals surface area contributed by atoms with Gasteiger partial charge in [-0.25, -0.2) is 0 Å². The monoisotopic (exact) mass is 753 g/mol. The van der Waals surface area contributed by atoms with Gasteiger partial charge in [-0.3, -0.25) is 0 Å². The predicted octanol–water partition coefficient (Wildman–Crippen LogP) is 15.2. The Morgan fingerprint density at radius 1 is 0.305 bits per heavy atom. The summed E-state index contributed by atoms with van der Waals surface area (Å²) in [7, 11) is 0. The minimum absolute atomic E-state index is 0.144. The van der Waals surface area contributed by atoms with E-state index < -0.39 is 5.41 Å². The lowest BCUT2D eigenvalue weighted by atomic mass is 9.67. The molecule has 2 aliphatic carbocycles. The molecule has 9 aromatic rings. The topological polar surface area (TPSA) is 3.24 Å². The Morgan fingerprint density at radius 2 is 0.780 bits per heavy atom. The lowest BCUT2D eigenvalue weighted by Crippen LogP contribution is -2.28. The largest absolute Gasteiger partial charge is 0.310 e. The van der Waals surface area contributed by atoms with Gasteiger partial charge in [0, 0.05) is 22.4 Å². The summed E-state index contributed by atoms with van der Waals surface area (Å²) in [6.07, 6.45) is 0. The molecule has 1 nitrogen and oxygen atoms in total. The van der Waals surface area contributed by atoms with Crippen LogP contribution in [-0.4, -0.2) is 0 Å². The summed E-state index contributed by atoms with van der Waals surface area (Å²) in [6, 6.07) is 83.1. The SMILES string of the molecule is CC1(C)c2ccccc2-c2ccc(N(c3ccc(-c4ccccc4)cc3)c3cc4c(cc3-c3ccccc3)C(c3ccccc3)(c3ccccc3)c3ccccc3-4)cc21. The van der Waals surface area contributed by atoms with Crippen LogP contribution in [0.5, 0.6) is 0 Å². The number of rotatable bonds is 7. The Bertz CT molecular complexity index is 2940. The minimum Gasteiger partial charge on any atom is -0.310 e. The van der Waals surface area contributed by atoms with Gasteiger partial charge in [0.05, 0.1) is 11.1 Å². The quantitative estimate of drug-likeness (QED) is 0.157. The smallest absolute Gasteiger partial charge is 0.0713 e. The Balaban J connectivity index is 1.21. The van der Waals surface area contributed by atoms with E-state index in [1.54, 1.807) is 0 Å². The maximum atomic E-state index is 2.51. The van der Waals surface area contributed by atoms with Crippen LogP contribution in [0, 0.1) is 0 Å². The fraction of sp³-hybridized carbons (Fsp3) is 0.0690. The van der Waals surface area contributed by atoms with Crippen LogP contribution in [0.25, 0.3) is 44.5 Å². The van der Waals surface area contributed by atoms with Crippen LogP contribution in [0.15, 0.2) is 224 Å². The molecule has 1 heteroatoms. The third kappa shape index (κ3) is 5.39. The lowest BCUT2D eigenvalue weighted by molar-refractivity contribution is 0.660. The van der Waals surface area contributed by atoms with Crippen molar-refractivity contribution in [1.29, 1.82) is 0 Å². The summed E-state index contributed by atoms with van der Waals surface area (Å²) in [4.78, 5) is 2.50. The Labute approximate surface area is 347 Å². The highest BCUT2D eigenvalue weighted by molar-refractivity contribution is 5.97. The molecule has 0 fully saturated rings. The average molecular weight is 754 g/mol. The molecule has 0 unspecified atom stereocenters. The van der Waals surface area contributed by atoms with E-state index >= 15 is 0 Å². The van der Waals surface area contributed by atoms with Gasteiger partial charge in [0.1, 0.15) is 0 Å². The van der Waals surface area contributed by atoms with Crippen molar-refractivity contribution in [3.63, 3.8) is 0 Å². The predicted molar refractivity (Wildman–Crippen MR) is 247 cm³/mol. The first-order chi connectivity index (χ1) is 29.0. The molecule has 0 aliphatic heterocycles. The third-order valence-electron chi connectivity index (χ3n) is 13.0. The van der Waals surface area contributed by atoms with Gasteiger partial charge in [-0.15, -0.1) is 0 Å². The van der Waals surface area contributed by atoms with Gasteiger partial charge >= 0.3 is 0 Å². The van der Waals surface area contributed by atoms with Crippen molar-refractivity contribution in [1.82, 2.24) is 0 Å². The normalized spacial score (nSPS) is 13.9. The second-order valence-corrected chi connectivity index (χ2v) is 16.5. The van der Waals surface area contributed by atoms with Crippen molar-refractivity contribution in [2.45, 2.75) is 24.7 Å². The zero-order chi connectivity index (χ0) is 39.6. The number of nitrogens with zero attached hydrogens (tertiary/aromatic N) is 1. The second-order valence-electron chi connectivity index (χ2n) is 16.5. The molecule has 0 heterocycles. The fourth-order valence-corrected chi connectivity index (χ4v) is 10.2.